The zero-order chi connectivity index (χ0) is 57.0. The van der Waals surface area contributed by atoms with Gasteiger partial charge in [-0.1, -0.05) is 299 Å². The van der Waals surface area contributed by atoms with E-state index < -0.39 is 20.0 Å². The lowest BCUT2D eigenvalue weighted by atomic mass is 10.0. The lowest BCUT2D eigenvalue weighted by molar-refractivity contribution is -0.870. The molecule has 0 aromatic heterocycles. The second-order valence-electron chi connectivity index (χ2n) is 24.2. The number of nitrogens with one attached hydrogen (secondary N) is 1. The second-order valence-corrected chi connectivity index (χ2v) is 25.6. The van der Waals surface area contributed by atoms with Crippen molar-refractivity contribution in [2.75, 3.05) is 40.9 Å². The molecule has 3 atom stereocenters. The Balaban J connectivity index is 4.15. The predicted molar refractivity (Wildman–Crippen MR) is 341 cm³/mol. The van der Waals surface area contributed by atoms with Crippen LogP contribution in [0.4, 0.5) is 0 Å². The molecular formula is C69H132N2O6P+. The molecule has 0 fully saturated rings. The van der Waals surface area contributed by atoms with Crippen molar-refractivity contribution in [1.82, 2.24) is 5.32 Å². The quantitative estimate of drug-likeness (QED) is 0.0243. The smallest absolute Gasteiger partial charge is 0.387 e. The molecule has 0 aliphatic carbocycles. The Kier molecular flexibility index (Phi) is 58.4. The summed E-state index contributed by atoms with van der Waals surface area (Å²) in [6, 6.07) is -0.873. The number of hydrogen-bond acceptors (Lipinski definition) is 5. The van der Waals surface area contributed by atoms with Crippen LogP contribution >= 0.6 is 7.82 Å². The van der Waals surface area contributed by atoms with Crippen molar-refractivity contribution in [3.8, 4) is 0 Å². The lowest BCUT2D eigenvalue weighted by Crippen LogP contribution is -2.45. The van der Waals surface area contributed by atoms with Gasteiger partial charge in [0.05, 0.1) is 39.9 Å². The number of amides is 1. The van der Waals surface area contributed by atoms with E-state index in [9.17, 15) is 19.4 Å². The van der Waals surface area contributed by atoms with Crippen LogP contribution < -0.4 is 5.32 Å². The summed E-state index contributed by atoms with van der Waals surface area (Å²) in [5.74, 6) is -0.188. The first-order valence-corrected chi connectivity index (χ1v) is 35.2. The highest BCUT2D eigenvalue weighted by Gasteiger charge is 2.28. The maximum absolute atomic E-state index is 13.0. The number of carbonyl (C=O) groups excluding carboxylic acids is 1. The molecule has 0 heterocycles. The van der Waals surface area contributed by atoms with E-state index in [0.29, 0.717) is 17.4 Å². The number of carbonyl (C=O) groups is 1. The minimum atomic E-state index is -4.37. The average Bonchev–Trinajstić information content (AvgIpc) is 3.41. The molecule has 78 heavy (non-hydrogen) atoms. The van der Waals surface area contributed by atoms with Crippen LogP contribution in [0.15, 0.2) is 60.8 Å². The van der Waals surface area contributed by atoms with Gasteiger partial charge in [0.2, 0.25) is 5.91 Å². The molecule has 458 valence electrons. The van der Waals surface area contributed by atoms with Gasteiger partial charge in [-0.15, -0.1) is 0 Å². The van der Waals surface area contributed by atoms with E-state index in [1.54, 1.807) is 6.08 Å². The van der Waals surface area contributed by atoms with Crippen LogP contribution in [-0.2, 0) is 18.4 Å². The predicted octanol–water partition coefficient (Wildman–Crippen LogP) is 21.2. The van der Waals surface area contributed by atoms with E-state index in [-0.39, 0.29) is 19.1 Å². The van der Waals surface area contributed by atoms with Gasteiger partial charge in [-0.05, 0) is 77.0 Å². The monoisotopic (exact) mass is 1120 g/mol. The molecule has 0 spiro atoms. The molecule has 0 saturated carbocycles. The normalized spacial score (nSPS) is 14.1. The maximum atomic E-state index is 13.0. The second kappa shape index (κ2) is 59.8. The van der Waals surface area contributed by atoms with E-state index in [4.69, 9.17) is 9.05 Å². The van der Waals surface area contributed by atoms with Gasteiger partial charge >= 0.3 is 7.82 Å². The Morgan fingerprint density at radius 3 is 1.10 bits per heavy atom. The zero-order valence-electron chi connectivity index (χ0n) is 52.4. The van der Waals surface area contributed by atoms with E-state index in [2.05, 4.69) is 67.8 Å². The number of likely N-dealkylation sites (N-methyl/N-ethyl adjacent to an activating group) is 1. The number of nitrogens with zero attached hydrogens (tertiary/aromatic N) is 1. The van der Waals surface area contributed by atoms with Crippen LogP contribution in [0.1, 0.15) is 322 Å². The van der Waals surface area contributed by atoms with E-state index in [1.807, 2.05) is 27.2 Å². The van der Waals surface area contributed by atoms with Gasteiger partial charge in [-0.3, -0.25) is 13.8 Å². The van der Waals surface area contributed by atoms with Crippen molar-refractivity contribution in [3.05, 3.63) is 60.8 Å². The van der Waals surface area contributed by atoms with Crippen LogP contribution in [0, 0.1) is 0 Å². The van der Waals surface area contributed by atoms with Crippen molar-refractivity contribution < 1.29 is 32.9 Å². The third kappa shape index (κ3) is 61.8. The summed E-state index contributed by atoms with van der Waals surface area (Å²) in [5, 5.41) is 14.0. The maximum Gasteiger partial charge on any atom is 0.472 e. The van der Waals surface area contributed by atoms with Crippen molar-refractivity contribution in [3.63, 3.8) is 0 Å². The van der Waals surface area contributed by atoms with Crippen molar-refractivity contribution in [2.45, 2.75) is 334 Å². The van der Waals surface area contributed by atoms with Crippen molar-refractivity contribution in [1.29, 1.82) is 0 Å². The van der Waals surface area contributed by atoms with Crippen molar-refractivity contribution >= 4 is 13.7 Å². The molecule has 9 heteroatoms. The molecule has 3 N–H and O–H groups in total. The van der Waals surface area contributed by atoms with Gasteiger partial charge in [0.25, 0.3) is 0 Å². The largest absolute Gasteiger partial charge is 0.472 e. The minimum absolute atomic E-state index is 0.0528. The number of phosphoric acid groups is 1. The molecule has 0 saturated heterocycles. The molecule has 0 rings (SSSR count). The molecule has 0 radical (unpaired) electrons. The number of unbranched alkanes of at least 4 members (excludes halogenated alkanes) is 41. The molecule has 0 aliphatic heterocycles. The molecule has 3 unspecified atom stereocenters. The van der Waals surface area contributed by atoms with Gasteiger partial charge in [-0.25, -0.2) is 4.57 Å². The molecule has 0 aromatic rings. The van der Waals surface area contributed by atoms with Crippen LogP contribution in [-0.4, -0.2) is 73.4 Å². The first-order valence-electron chi connectivity index (χ1n) is 33.7. The molecule has 0 aliphatic rings. The number of aliphatic hydroxyl groups excluding tert-OH is 1. The van der Waals surface area contributed by atoms with Gasteiger partial charge in [0.15, 0.2) is 0 Å². The average molecular weight is 1120 g/mol. The summed E-state index contributed by atoms with van der Waals surface area (Å²) in [5.41, 5.74) is 0. The molecule has 0 aromatic carbocycles. The van der Waals surface area contributed by atoms with Gasteiger partial charge < -0.3 is 19.8 Å². The first-order chi connectivity index (χ1) is 38.0. The first kappa shape index (κ1) is 76.2. The standard InChI is InChI=1S/C69H131N2O6P/c1-6-8-10-12-14-16-18-20-22-24-26-28-30-32-33-34-35-36-37-39-41-43-45-47-49-51-53-55-57-59-61-63-69(73)70-67(66-77-78(74,75)76-65-64-71(3,4)5)68(72)62-60-58-56-54-52-50-48-46-44-42-40-38-31-29-27-25-23-21-19-17-15-13-11-9-7-2/h26,28,32-33,44,46,52,54,60,62,67-68,72H,6-25,27,29-31,34-43,45,47-51,53,55-59,61,63-66H2,1-5H3,(H-,70,73,74,75)/p+1/b28-26-,33-32-,46-44+,54-52+,62-60+. The topological polar surface area (TPSA) is 105 Å². The van der Waals surface area contributed by atoms with E-state index >= 15 is 0 Å². The number of allylic oxidation sites excluding steroid dienone is 9. The molecule has 8 nitrogen and oxygen atoms in total. The van der Waals surface area contributed by atoms with E-state index in [1.165, 1.54) is 250 Å². The van der Waals surface area contributed by atoms with E-state index in [0.717, 1.165) is 51.4 Å². The number of rotatable bonds is 62. The Labute approximate surface area is 485 Å². The Hall–Kier alpha value is -1.80. The van der Waals surface area contributed by atoms with Crippen LogP contribution in [0.5, 0.6) is 0 Å². The summed E-state index contributed by atoms with van der Waals surface area (Å²) < 4.78 is 23.8. The minimum Gasteiger partial charge on any atom is -0.387 e. The van der Waals surface area contributed by atoms with Crippen LogP contribution in [0.2, 0.25) is 0 Å². The SMILES string of the molecule is CCCCCCCCCCC/C=C\C/C=C\CCCCCCCCCCCCCCCCCC(=O)NC(COP(=O)(O)OCC[N+](C)(C)C)C(O)/C=C/CC/C=C/CC/C=C/CCCCCCCCCCCCCCCCC. The van der Waals surface area contributed by atoms with Crippen LogP contribution in [0.3, 0.4) is 0 Å². The molecule has 1 amide bonds. The number of quaternary nitrogens is 1. The molecular weight excluding hydrogens is 984 g/mol. The number of aliphatic hydroxyl groups is 1. The number of phosphoric ester groups is 1. The summed E-state index contributed by atoms with van der Waals surface area (Å²) in [6.07, 6.45) is 82.2. The zero-order valence-corrected chi connectivity index (χ0v) is 53.3. The van der Waals surface area contributed by atoms with Gasteiger partial charge in [-0.2, -0.15) is 0 Å². The Morgan fingerprint density at radius 1 is 0.436 bits per heavy atom. The fraction of sp³-hybridized carbons (Fsp3) is 0.841. The summed E-state index contributed by atoms with van der Waals surface area (Å²) >= 11 is 0. The third-order valence-corrected chi connectivity index (χ3v) is 16.2. The summed E-state index contributed by atoms with van der Waals surface area (Å²) in [6.45, 7) is 4.82. The van der Waals surface area contributed by atoms with Crippen molar-refractivity contribution in [2.24, 2.45) is 0 Å². The fourth-order valence-corrected chi connectivity index (χ4v) is 10.7. The fourth-order valence-electron chi connectivity index (χ4n) is 9.93. The Morgan fingerprint density at radius 2 is 0.744 bits per heavy atom. The highest BCUT2D eigenvalue weighted by atomic mass is 31.2. The lowest BCUT2D eigenvalue weighted by Gasteiger charge is -2.25. The summed E-state index contributed by atoms with van der Waals surface area (Å²) in [7, 11) is 1.55. The highest BCUT2D eigenvalue weighted by molar-refractivity contribution is 7.47. The highest BCUT2D eigenvalue weighted by Crippen LogP contribution is 2.43. The van der Waals surface area contributed by atoms with Crippen LogP contribution in [0.25, 0.3) is 0 Å². The van der Waals surface area contributed by atoms with Gasteiger partial charge in [0.1, 0.15) is 13.2 Å². The summed E-state index contributed by atoms with van der Waals surface area (Å²) in [4.78, 5) is 23.4. The Bertz CT molecular complexity index is 1450. The molecule has 0 bridgehead atoms. The van der Waals surface area contributed by atoms with Gasteiger partial charge in [0, 0.05) is 6.42 Å². The number of hydrogen-bond donors (Lipinski definition) is 3. The third-order valence-electron chi connectivity index (χ3n) is 15.2.